The Morgan fingerprint density at radius 1 is 1.14 bits per heavy atom. The van der Waals surface area contributed by atoms with Crippen LogP contribution in [0.1, 0.15) is 37.6 Å². The zero-order valence-electron chi connectivity index (χ0n) is 17.0. The monoisotopic (exact) mass is 418 g/mol. The van der Waals surface area contributed by atoms with Crippen LogP contribution in [0, 0.1) is 0 Å². The summed E-state index contributed by atoms with van der Waals surface area (Å²) >= 11 is 1.43. The maximum atomic E-state index is 13.4. The van der Waals surface area contributed by atoms with Gasteiger partial charge in [-0.25, -0.2) is 14.5 Å². The van der Waals surface area contributed by atoms with Gasteiger partial charge >= 0.3 is 12.1 Å². The van der Waals surface area contributed by atoms with Gasteiger partial charge in [-0.2, -0.15) is 11.8 Å². The van der Waals surface area contributed by atoms with E-state index in [4.69, 9.17) is 10.5 Å². The minimum Gasteiger partial charge on any atom is -0.480 e. The summed E-state index contributed by atoms with van der Waals surface area (Å²) in [6, 6.07) is 8.74. The molecule has 0 aliphatic carbocycles. The normalized spacial score (nSPS) is 12.4. The van der Waals surface area contributed by atoms with E-state index in [1.165, 1.54) is 17.8 Å². The molecular formula is C21H26N2O5S. The van der Waals surface area contributed by atoms with E-state index in [0.29, 0.717) is 27.1 Å². The lowest BCUT2D eigenvalue weighted by Crippen LogP contribution is -2.50. The number of anilines is 1. The summed E-state index contributed by atoms with van der Waals surface area (Å²) in [6.45, 7) is 4.97. The standard InChI is InChI=1S/C21H26N2O5S/c1-21(2,3)28-20(27)23(17(19(25)26)11-12-29-4)18(24)15-9-10-16(22)14-8-6-5-7-13(14)15/h5-10,17H,11-12,22H2,1-4H3,(H,25,26)/t17-/m0/s1. The molecule has 0 radical (unpaired) electrons. The maximum Gasteiger partial charge on any atom is 0.418 e. The van der Waals surface area contributed by atoms with Gasteiger partial charge in [0.25, 0.3) is 5.91 Å². The van der Waals surface area contributed by atoms with Gasteiger partial charge < -0.3 is 15.6 Å². The number of carbonyl (C=O) groups excluding carboxylic acids is 2. The van der Waals surface area contributed by atoms with E-state index in [9.17, 15) is 19.5 Å². The number of benzene rings is 2. The Balaban J connectivity index is 2.58. The van der Waals surface area contributed by atoms with Gasteiger partial charge in [0, 0.05) is 16.6 Å². The van der Waals surface area contributed by atoms with Gasteiger partial charge in [0.2, 0.25) is 0 Å². The maximum absolute atomic E-state index is 13.4. The van der Waals surface area contributed by atoms with E-state index < -0.39 is 29.6 Å². The van der Waals surface area contributed by atoms with Gasteiger partial charge in [-0.05, 0) is 56.7 Å². The molecule has 0 saturated heterocycles. The molecule has 7 nitrogen and oxygen atoms in total. The van der Waals surface area contributed by atoms with Crippen molar-refractivity contribution in [3.8, 4) is 0 Å². The second-order valence-electron chi connectivity index (χ2n) is 7.54. The third kappa shape index (κ3) is 5.41. The summed E-state index contributed by atoms with van der Waals surface area (Å²) in [5.41, 5.74) is 5.79. The van der Waals surface area contributed by atoms with Crippen molar-refractivity contribution in [2.75, 3.05) is 17.7 Å². The molecule has 0 aromatic heterocycles. The Morgan fingerprint density at radius 2 is 1.76 bits per heavy atom. The molecule has 2 amide bonds. The molecule has 0 spiro atoms. The molecule has 0 heterocycles. The summed E-state index contributed by atoms with van der Waals surface area (Å²) in [7, 11) is 0. The number of hydrogen-bond acceptors (Lipinski definition) is 6. The van der Waals surface area contributed by atoms with Crippen LogP contribution in [0.3, 0.4) is 0 Å². The fraction of sp³-hybridized carbons (Fsp3) is 0.381. The summed E-state index contributed by atoms with van der Waals surface area (Å²) < 4.78 is 5.36. The predicted molar refractivity (Wildman–Crippen MR) is 115 cm³/mol. The number of ether oxygens (including phenoxy) is 1. The number of hydrogen-bond donors (Lipinski definition) is 2. The van der Waals surface area contributed by atoms with Crippen molar-refractivity contribution in [1.82, 2.24) is 4.90 Å². The van der Waals surface area contributed by atoms with Crippen LogP contribution < -0.4 is 5.73 Å². The van der Waals surface area contributed by atoms with Crippen LogP contribution in [0.15, 0.2) is 36.4 Å². The number of imide groups is 1. The fourth-order valence-corrected chi connectivity index (χ4v) is 3.35. The highest BCUT2D eigenvalue weighted by Gasteiger charge is 2.38. The van der Waals surface area contributed by atoms with Crippen LogP contribution in [-0.4, -0.2) is 51.6 Å². The molecule has 2 rings (SSSR count). The Kier molecular flexibility index (Phi) is 7.13. The minimum absolute atomic E-state index is 0.106. The quantitative estimate of drug-likeness (QED) is 0.682. The van der Waals surface area contributed by atoms with E-state index in [1.807, 2.05) is 6.26 Å². The second-order valence-corrected chi connectivity index (χ2v) is 8.52. The van der Waals surface area contributed by atoms with Crippen LogP contribution >= 0.6 is 11.8 Å². The lowest BCUT2D eigenvalue weighted by molar-refractivity contribution is -0.142. The third-order valence-electron chi connectivity index (χ3n) is 4.19. The van der Waals surface area contributed by atoms with E-state index in [1.54, 1.807) is 51.1 Å². The number of nitrogens with two attached hydrogens (primary N) is 1. The van der Waals surface area contributed by atoms with Crippen LogP contribution in [0.5, 0.6) is 0 Å². The highest BCUT2D eigenvalue weighted by atomic mass is 32.2. The fourth-order valence-electron chi connectivity index (χ4n) is 2.89. The summed E-state index contributed by atoms with van der Waals surface area (Å²) in [6.07, 6.45) is 0.942. The molecule has 0 fully saturated rings. The van der Waals surface area contributed by atoms with Crippen molar-refractivity contribution in [3.05, 3.63) is 42.0 Å². The molecule has 0 aliphatic rings. The van der Waals surface area contributed by atoms with Crippen molar-refractivity contribution in [2.24, 2.45) is 0 Å². The first kappa shape index (κ1) is 22.5. The van der Waals surface area contributed by atoms with Crippen molar-refractivity contribution >= 4 is 46.2 Å². The first-order valence-electron chi connectivity index (χ1n) is 9.12. The first-order valence-corrected chi connectivity index (χ1v) is 10.5. The molecular weight excluding hydrogens is 392 g/mol. The lowest BCUT2D eigenvalue weighted by atomic mass is 10.0. The van der Waals surface area contributed by atoms with Gasteiger partial charge in [-0.1, -0.05) is 24.3 Å². The molecule has 2 aromatic rings. The van der Waals surface area contributed by atoms with Crippen LogP contribution in [0.4, 0.5) is 10.5 Å². The number of amides is 2. The van der Waals surface area contributed by atoms with Gasteiger partial charge in [0.1, 0.15) is 11.6 Å². The Hall–Kier alpha value is -2.74. The molecule has 2 aromatic carbocycles. The number of carboxylic acids is 1. The Labute approximate surface area is 174 Å². The molecule has 29 heavy (non-hydrogen) atoms. The third-order valence-corrected chi connectivity index (χ3v) is 4.83. The molecule has 0 bridgehead atoms. The minimum atomic E-state index is -1.35. The SMILES string of the molecule is CSCC[C@@H](C(=O)O)N(C(=O)OC(C)(C)C)C(=O)c1ccc(N)c2ccccc12. The average molecular weight is 419 g/mol. The second kappa shape index (κ2) is 9.17. The van der Waals surface area contributed by atoms with E-state index in [-0.39, 0.29) is 12.0 Å². The van der Waals surface area contributed by atoms with Crippen molar-refractivity contribution in [2.45, 2.75) is 38.8 Å². The molecule has 156 valence electrons. The van der Waals surface area contributed by atoms with Crippen LogP contribution in [0.2, 0.25) is 0 Å². The Morgan fingerprint density at radius 3 is 2.31 bits per heavy atom. The van der Waals surface area contributed by atoms with Crippen LogP contribution in [-0.2, 0) is 9.53 Å². The van der Waals surface area contributed by atoms with Crippen molar-refractivity contribution in [3.63, 3.8) is 0 Å². The topological polar surface area (TPSA) is 110 Å². The predicted octanol–water partition coefficient (Wildman–Crippen LogP) is 4.01. The summed E-state index contributed by atoms with van der Waals surface area (Å²) in [5.74, 6) is -1.53. The zero-order chi connectivity index (χ0) is 21.8. The lowest BCUT2D eigenvalue weighted by Gasteiger charge is -2.30. The number of rotatable bonds is 6. The number of nitrogen functional groups attached to an aromatic ring is 1. The number of nitrogens with zero attached hydrogens (tertiary/aromatic N) is 1. The summed E-state index contributed by atoms with van der Waals surface area (Å²) in [5, 5.41) is 10.9. The smallest absolute Gasteiger partial charge is 0.418 e. The van der Waals surface area contributed by atoms with Gasteiger partial charge in [-0.15, -0.1) is 0 Å². The molecule has 8 heteroatoms. The highest BCUT2D eigenvalue weighted by Crippen LogP contribution is 2.27. The van der Waals surface area contributed by atoms with Crippen LogP contribution in [0.25, 0.3) is 10.8 Å². The van der Waals surface area contributed by atoms with Crippen molar-refractivity contribution in [1.29, 1.82) is 0 Å². The number of thioether (sulfide) groups is 1. The highest BCUT2D eigenvalue weighted by molar-refractivity contribution is 7.98. The molecule has 0 aliphatic heterocycles. The van der Waals surface area contributed by atoms with Gasteiger partial charge in [0.15, 0.2) is 0 Å². The average Bonchev–Trinajstić information content (AvgIpc) is 2.63. The van der Waals surface area contributed by atoms with Crippen molar-refractivity contribution < 1.29 is 24.2 Å². The number of fused-ring (bicyclic) bond motifs is 1. The van der Waals surface area contributed by atoms with E-state index in [2.05, 4.69) is 0 Å². The Bertz CT molecular complexity index is 923. The molecule has 1 atom stereocenters. The number of carbonyl (C=O) groups is 3. The number of carboxylic acid groups (broad SMARTS) is 1. The molecule has 0 saturated carbocycles. The summed E-state index contributed by atoms with van der Waals surface area (Å²) in [4.78, 5) is 38.9. The van der Waals surface area contributed by atoms with Gasteiger partial charge in [0.05, 0.1) is 0 Å². The van der Waals surface area contributed by atoms with Gasteiger partial charge in [-0.3, -0.25) is 4.79 Å². The number of aliphatic carboxylic acids is 1. The van der Waals surface area contributed by atoms with E-state index >= 15 is 0 Å². The zero-order valence-corrected chi connectivity index (χ0v) is 17.8. The largest absolute Gasteiger partial charge is 0.480 e. The molecule has 3 N–H and O–H groups in total. The first-order chi connectivity index (χ1) is 13.6. The van der Waals surface area contributed by atoms with E-state index in [0.717, 1.165) is 0 Å². The molecule has 0 unspecified atom stereocenters.